The summed E-state index contributed by atoms with van der Waals surface area (Å²) in [4.78, 5) is 0. The van der Waals surface area contributed by atoms with Crippen LogP contribution >= 0.6 is 0 Å². The number of hydrogen-bond acceptors (Lipinski definition) is 6. The van der Waals surface area contributed by atoms with E-state index in [0.717, 1.165) is 67.0 Å². The average molecular weight is 1880 g/mol. The highest BCUT2D eigenvalue weighted by molar-refractivity contribution is 6.26. The second kappa shape index (κ2) is 34.8. The van der Waals surface area contributed by atoms with Gasteiger partial charge in [0.15, 0.2) is 0 Å². The Balaban J connectivity index is 0.0000000988. The summed E-state index contributed by atoms with van der Waals surface area (Å²) in [5.41, 5.74) is 28.1. The number of hydrogen-bond donors (Lipinski definition) is 0. The topological polar surface area (TPSA) is 78.8 Å². The molecule has 0 spiro atoms. The van der Waals surface area contributed by atoms with Crippen molar-refractivity contribution < 1.29 is 26.5 Å². The van der Waals surface area contributed by atoms with Crippen LogP contribution in [0.2, 0.25) is 0 Å². The predicted molar refractivity (Wildman–Crippen MR) is 620 cm³/mol. The minimum absolute atomic E-state index is 0.0370. The van der Waals surface area contributed by atoms with Gasteiger partial charge in [-0.3, -0.25) is 0 Å². The molecular formula is C138H126O6. The van der Waals surface area contributed by atoms with Crippen LogP contribution in [0.4, 0.5) is 0 Å². The highest BCUT2D eigenvalue weighted by Crippen LogP contribution is 2.50. The summed E-state index contributed by atoms with van der Waals surface area (Å²) in [5.74, 6) is 0. The van der Waals surface area contributed by atoms with E-state index in [1.54, 1.807) is 0 Å². The van der Waals surface area contributed by atoms with Gasteiger partial charge in [-0.1, -0.05) is 398 Å². The molecule has 27 aromatic rings. The predicted octanol–water partition coefficient (Wildman–Crippen LogP) is 41.5. The number of furan rings is 6. The third-order valence-electron chi connectivity index (χ3n) is 29.9. The minimum Gasteiger partial charge on any atom is -0.456 e. The fourth-order valence-electron chi connectivity index (χ4n) is 24.0. The van der Waals surface area contributed by atoms with Crippen LogP contribution in [-0.2, 0) is 32.5 Å². The van der Waals surface area contributed by atoms with E-state index in [1.165, 1.54) is 228 Å². The zero-order chi connectivity index (χ0) is 101. The van der Waals surface area contributed by atoms with Crippen molar-refractivity contribution in [3.05, 3.63) is 394 Å². The summed E-state index contributed by atoms with van der Waals surface area (Å²) in [7, 11) is 0. The lowest BCUT2D eigenvalue weighted by Crippen LogP contribution is -2.13. The molecular weight excluding hydrogens is 1750 g/mol. The van der Waals surface area contributed by atoms with Gasteiger partial charge in [0.1, 0.15) is 67.0 Å². The van der Waals surface area contributed by atoms with Gasteiger partial charge in [0.2, 0.25) is 0 Å². The second-order valence-corrected chi connectivity index (χ2v) is 46.4. The molecule has 0 fully saturated rings. The minimum atomic E-state index is 0.0370. The lowest BCUT2D eigenvalue weighted by atomic mass is 9.83. The van der Waals surface area contributed by atoms with E-state index in [0.29, 0.717) is 0 Å². The van der Waals surface area contributed by atoms with Crippen LogP contribution in [0.1, 0.15) is 191 Å². The molecule has 144 heavy (non-hydrogen) atoms. The van der Waals surface area contributed by atoms with E-state index in [9.17, 15) is 0 Å². The third-order valence-corrected chi connectivity index (χ3v) is 29.9. The van der Waals surface area contributed by atoms with E-state index in [2.05, 4.69) is 494 Å². The Bertz CT molecular complexity index is 9800. The normalized spacial score (nSPS) is 12.6. The molecule has 0 amide bonds. The summed E-state index contributed by atoms with van der Waals surface area (Å²) in [5, 5.41) is 37.0. The van der Waals surface area contributed by atoms with Gasteiger partial charge in [-0.05, 0) is 243 Å². The van der Waals surface area contributed by atoms with E-state index < -0.39 is 0 Å². The van der Waals surface area contributed by atoms with Crippen molar-refractivity contribution in [1.82, 2.24) is 0 Å². The molecule has 6 heteroatoms. The van der Waals surface area contributed by atoms with Crippen molar-refractivity contribution in [2.45, 2.75) is 199 Å². The average Bonchev–Trinajstić information content (AvgIpc) is 1.59. The van der Waals surface area contributed by atoms with Crippen LogP contribution in [0.15, 0.2) is 354 Å². The van der Waals surface area contributed by atoms with Gasteiger partial charge in [-0.2, -0.15) is 0 Å². The zero-order valence-electron chi connectivity index (χ0n) is 87.6. The van der Waals surface area contributed by atoms with Gasteiger partial charge in [0.25, 0.3) is 0 Å². The molecule has 0 unspecified atom stereocenters. The summed E-state index contributed by atoms with van der Waals surface area (Å²) in [6.07, 6.45) is 0. The van der Waals surface area contributed by atoms with Crippen molar-refractivity contribution in [1.29, 1.82) is 0 Å². The molecule has 0 radical (unpaired) electrons. The molecule has 0 atom stereocenters. The van der Waals surface area contributed by atoms with E-state index in [-0.39, 0.29) is 32.5 Å². The van der Waals surface area contributed by atoms with Crippen molar-refractivity contribution in [3.8, 4) is 0 Å². The third kappa shape index (κ3) is 16.2. The van der Waals surface area contributed by atoms with Crippen LogP contribution in [0.5, 0.6) is 0 Å². The van der Waals surface area contributed by atoms with Gasteiger partial charge in [0.05, 0.1) is 0 Å². The van der Waals surface area contributed by atoms with Crippen molar-refractivity contribution in [3.63, 3.8) is 0 Å². The molecule has 0 N–H and O–H groups in total. The first kappa shape index (κ1) is 93.7. The number of aryl methyl sites for hydroxylation is 6. The Morgan fingerprint density at radius 1 is 0.132 bits per heavy atom. The summed E-state index contributed by atoms with van der Waals surface area (Å²) >= 11 is 0. The Morgan fingerprint density at radius 2 is 0.368 bits per heavy atom. The van der Waals surface area contributed by atoms with Crippen molar-refractivity contribution in [2.24, 2.45) is 0 Å². The zero-order valence-corrected chi connectivity index (χ0v) is 87.6. The lowest BCUT2D eigenvalue weighted by molar-refractivity contribution is 0.568. The van der Waals surface area contributed by atoms with Crippen molar-refractivity contribution in [2.75, 3.05) is 0 Å². The van der Waals surface area contributed by atoms with Gasteiger partial charge in [0, 0.05) is 114 Å². The first-order valence-electron chi connectivity index (χ1n) is 51.1. The largest absolute Gasteiger partial charge is 0.456 e. The summed E-state index contributed by atoms with van der Waals surface area (Å²) in [6, 6.07) is 117. The Morgan fingerprint density at radius 3 is 0.799 bits per heavy atom. The van der Waals surface area contributed by atoms with E-state index in [1.807, 2.05) is 0 Å². The standard InChI is InChI=1S/3C25H22O.3C21H20O/c1-15-9-13-20-19-14-12-17-11-10-16-7-5-6-8-18(16)21(17)23(19)26-24(20)22(15)25(2,3)4;1-15-9-12-19-21-13-17-11-10-16-7-5-6-8-18(16)20(17)14-22(21)26-24(19)23(15)25(2,3)4;1-15-9-11-21-20-14-13-18-17-8-6-5-7-16(17)10-12-19(18)23(20)26-24(21)22(15)25(2,3)4;1-13-9-11-17-16-12-10-14-7-5-6-8-15(14)19(16)22-20(17)18(13)21(2,3)4;1-13-9-11-16-18-15-8-6-5-7-14(15)10-12-17(18)22-20(16)19(13)21(2,3)4;1-13-9-10-16-17-11-14-7-5-6-8-15(14)12-18(17)22-20(16)19(13)21(2,3)4/h3*5-14H,1-4H3;3*5-12H,1-4H3. The van der Waals surface area contributed by atoms with Gasteiger partial charge in [-0.25, -0.2) is 0 Å². The van der Waals surface area contributed by atoms with Gasteiger partial charge < -0.3 is 26.5 Å². The maximum absolute atomic E-state index is 6.61. The van der Waals surface area contributed by atoms with Crippen LogP contribution in [-0.4, -0.2) is 0 Å². The summed E-state index contributed by atoms with van der Waals surface area (Å²) < 4.78 is 38.6. The molecule has 0 saturated heterocycles. The first-order chi connectivity index (χ1) is 68.7. The second-order valence-electron chi connectivity index (χ2n) is 46.4. The van der Waals surface area contributed by atoms with Crippen LogP contribution in [0.3, 0.4) is 0 Å². The molecule has 6 heterocycles. The molecule has 21 aromatic carbocycles. The highest BCUT2D eigenvalue weighted by atomic mass is 16.4. The molecule has 0 aliphatic rings. The monoisotopic (exact) mass is 1880 g/mol. The SMILES string of the molecule is Cc1ccc2c(oc3c2ccc2c4ccccc4ccc23)c1C(C)(C)C.Cc1ccc2c(oc3c2ccc2ccc4ccccc4c23)c1C(C)(C)C.Cc1ccc2c(oc3c4ccccc4ccc23)c1C(C)(C)C.Cc1ccc2c(oc3cc4c(ccc5ccccc54)cc32)c1C(C)(C)C.Cc1ccc2c(oc3cc4ccccc4cc32)c1C(C)(C)C.Cc1ccc2c(oc3ccc4ccccc4c32)c1C(C)(C)C. The van der Waals surface area contributed by atoms with Crippen molar-refractivity contribution >= 4 is 229 Å². The highest BCUT2D eigenvalue weighted by Gasteiger charge is 2.32. The fraction of sp³-hybridized carbons (Fsp3) is 0.217. The quantitative estimate of drug-likeness (QED) is 0.141. The Labute approximate surface area is 842 Å². The molecule has 6 aromatic heterocycles. The number of fused-ring (bicyclic) bond motifs is 34. The van der Waals surface area contributed by atoms with E-state index in [4.69, 9.17) is 26.5 Å². The summed E-state index contributed by atoms with van der Waals surface area (Å²) in [6.45, 7) is 53.6. The molecule has 0 saturated carbocycles. The van der Waals surface area contributed by atoms with Gasteiger partial charge >= 0.3 is 0 Å². The van der Waals surface area contributed by atoms with Gasteiger partial charge in [-0.15, -0.1) is 0 Å². The van der Waals surface area contributed by atoms with Crippen LogP contribution in [0, 0.1) is 41.5 Å². The number of benzene rings is 21. The first-order valence-corrected chi connectivity index (χ1v) is 51.1. The van der Waals surface area contributed by atoms with Crippen LogP contribution < -0.4 is 0 Å². The maximum atomic E-state index is 6.61. The molecule has 6 nitrogen and oxygen atoms in total. The fourth-order valence-corrected chi connectivity index (χ4v) is 24.0. The van der Waals surface area contributed by atoms with Crippen LogP contribution in [0.25, 0.3) is 229 Å². The lowest BCUT2D eigenvalue weighted by Gasteiger charge is -2.21. The molecule has 27 rings (SSSR count). The smallest absolute Gasteiger partial charge is 0.143 e. The molecule has 0 bridgehead atoms. The van der Waals surface area contributed by atoms with E-state index >= 15 is 0 Å². The maximum Gasteiger partial charge on any atom is 0.143 e. The molecule has 0 aliphatic heterocycles. The molecule has 714 valence electrons. The molecule has 0 aliphatic carbocycles. The Kier molecular flexibility index (Phi) is 22.7. The Hall–Kier alpha value is -15.2. The number of rotatable bonds is 0.